The normalized spacial score (nSPS) is 13.1. The Bertz CT molecular complexity index is 743. The smallest absolute Gasteiger partial charge is 0.259 e. The minimum absolute atomic E-state index is 0.0405. The van der Waals surface area contributed by atoms with Gasteiger partial charge in [0.2, 0.25) is 0 Å². The molecule has 0 spiro atoms. The highest BCUT2D eigenvalue weighted by molar-refractivity contribution is 9.10. The summed E-state index contributed by atoms with van der Waals surface area (Å²) in [6.45, 7) is 2.18. The summed E-state index contributed by atoms with van der Waals surface area (Å²) in [5.41, 5.74) is 3.16. The number of carbonyl (C=O) groups is 2. The van der Waals surface area contributed by atoms with Gasteiger partial charge in [0, 0.05) is 34.7 Å². The summed E-state index contributed by atoms with van der Waals surface area (Å²) in [5.74, 6) is -0.0307. The van der Waals surface area contributed by atoms with E-state index in [2.05, 4.69) is 20.9 Å². The number of carbonyl (C=O) groups excluding carboxylic acids is 2. The molecule has 0 radical (unpaired) electrons. The number of halogens is 1. The fourth-order valence-corrected chi connectivity index (χ4v) is 2.88. The Balaban J connectivity index is 1.94. The van der Waals surface area contributed by atoms with E-state index in [9.17, 15) is 9.59 Å². The Morgan fingerprint density at radius 2 is 2.00 bits per heavy atom. The maximum atomic E-state index is 12.6. The number of anilines is 1. The number of fused-ring (bicyclic) bond motifs is 1. The number of hydrogen-bond donors (Lipinski definition) is 0. The van der Waals surface area contributed by atoms with Crippen LogP contribution in [0.5, 0.6) is 0 Å². The first-order valence-electron chi connectivity index (χ1n) is 6.62. The van der Waals surface area contributed by atoms with Gasteiger partial charge in [-0.25, -0.2) is 0 Å². The summed E-state index contributed by atoms with van der Waals surface area (Å²) in [5, 5.41) is 0. The third kappa shape index (κ3) is 2.61. The number of nitrogens with zero attached hydrogens (tertiary/aromatic N) is 2. The van der Waals surface area contributed by atoms with Crippen molar-refractivity contribution in [3.05, 3.63) is 57.8 Å². The molecule has 0 N–H and O–H groups in total. The van der Waals surface area contributed by atoms with Crippen LogP contribution in [0.4, 0.5) is 5.69 Å². The van der Waals surface area contributed by atoms with Crippen molar-refractivity contribution in [3.8, 4) is 0 Å². The van der Waals surface area contributed by atoms with Crippen molar-refractivity contribution in [1.82, 2.24) is 4.98 Å². The predicted octanol–water partition coefficient (Wildman–Crippen LogP) is 3.25. The van der Waals surface area contributed by atoms with Gasteiger partial charge >= 0.3 is 0 Å². The van der Waals surface area contributed by atoms with E-state index in [1.54, 1.807) is 36.4 Å². The molecule has 1 aliphatic rings. The van der Waals surface area contributed by atoms with Crippen LogP contribution in [0.1, 0.15) is 33.2 Å². The van der Waals surface area contributed by atoms with Crippen molar-refractivity contribution in [1.29, 1.82) is 0 Å². The number of aromatic nitrogens is 1. The fraction of sp³-hybridized carbons (Fsp3) is 0.188. The van der Waals surface area contributed by atoms with Crippen LogP contribution in [-0.4, -0.2) is 23.2 Å². The molecule has 1 aliphatic heterocycles. The van der Waals surface area contributed by atoms with Gasteiger partial charge in [0.05, 0.1) is 5.56 Å². The minimum Gasteiger partial charge on any atom is -0.308 e. The topological polar surface area (TPSA) is 50.3 Å². The SMILES string of the molecule is CC(=O)c1ccc2c(c1)CCN2C(=O)c1cncc(Br)c1. The van der Waals surface area contributed by atoms with Crippen LogP contribution < -0.4 is 4.90 Å². The predicted molar refractivity (Wildman–Crippen MR) is 83.8 cm³/mol. The Hall–Kier alpha value is -2.01. The number of rotatable bonds is 2. The number of ketones is 1. The van der Waals surface area contributed by atoms with Gasteiger partial charge in [-0.1, -0.05) is 0 Å². The lowest BCUT2D eigenvalue weighted by molar-refractivity contribution is 0.0987. The molecule has 0 bridgehead atoms. The molecular weight excluding hydrogens is 332 g/mol. The number of amides is 1. The average Bonchev–Trinajstić information content (AvgIpc) is 2.89. The molecule has 1 amide bonds. The number of hydrogen-bond acceptors (Lipinski definition) is 3. The minimum atomic E-state index is -0.0712. The van der Waals surface area contributed by atoms with E-state index >= 15 is 0 Å². The van der Waals surface area contributed by atoms with E-state index in [-0.39, 0.29) is 11.7 Å². The zero-order valence-corrected chi connectivity index (χ0v) is 13.1. The van der Waals surface area contributed by atoms with Crippen LogP contribution in [-0.2, 0) is 6.42 Å². The van der Waals surface area contributed by atoms with Crippen LogP contribution in [0.25, 0.3) is 0 Å². The molecule has 0 saturated heterocycles. The van der Waals surface area contributed by atoms with Gasteiger partial charge in [0.25, 0.3) is 5.91 Å². The second kappa shape index (κ2) is 5.41. The highest BCUT2D eigenvalue weighted by Crippen LogP contribution is 2.30. The van der Waals surface area contributed by atoms with Crippen molar-refractivity contribution >= 4 is 33.3 Å². The molecule has 106 valence electrons. The Morgan fingerprint density at radius 1 is 1.19 bits per heavy atom. The molecule has 4 nitrogen and oxygen atoms in total. The van der Waals surface area contributed by atoms with E-state index in [0.29, 0.717) is 17.7 Å². The second-order valence-electron chi connectivity index (χ2n) is 5.00. The van der Waals surface area contributed by atoms with Gasteiger partial charge in [-0.15, -0.1) is 0 Å². The molecule has 1 aromatic carbocycles. The van der Waals surface area contributed by atoms with Crippen molar-refractivity contribution in [2.45, 2.75) is 13.3 Å². The van der Waals surface area contributed by atoms with Crippen LogP contribution in [0.2, 0.25) is 0 Å². The van der Waals surface area contributed by atoms with E-state index in [1.165, 1.54) is 0 Å². The summed E-state index contributed by atoms with van der Waals surface area (Å²) in [4.78, 5) is 29.8. The maximum Gasteiger partial charge on any atom is 0.259 e. The number of benzene rings is 1. The van der Waals surface area contributed by atoms with E-state index in [0.717, 1.165) is 22.1 Å². The van der Waals surface area contributed by atoms with Crippen molar-refractivity contribution in [2.24, 2.45) is 0 Å². The van der Waals surface area contributed by atoms with Crippen LogP contribution >= 0.6 is 15.9 Å². The van der Waals surface area contributed by atoms with Gasteiger partial charge in [-0.05, 0) is 59.1 Å². The third-order valence-corrected chi connectivity index (χ3v) is 4.01. The highest BCUT2D eigenvalue weighted by atomic mass is 79.9. The molecule has 1 aromatic heterocycles. The number of Topliss-reactive ketones (excluding diaryl/α,β-unsaturated/α-hetero) is 1. The molecule has 2 aromatic rings. The van der Waals surface area contributed by atoms with Crippen molar-refractivity contribution in [3.63, 3.8) is 0 Å². The molecule has 0 fully saturated rings. The third-order valence-electron chi connectivity index (χ3n) is 3.58. The molecular formula is C16H13BrN2O2. The maximum absolute atomic E-state index is 12.6. The van der Waals surface area contributed by atoms with Crippen molar-refractivity contribution in [2.75, 3.05) is 11.4 Å². The van der Waals surface area contributed by atoms with Gasteiger partial charge < -0.3 is 4.90 Å². The van der Waals surface area contributed by atoms with Crippen LogP contribution in [0.3, 0.4) is 0 Å². The van der Waals surface area contributed by atoms with Crippen LogP contribution in [0, 0.1) is 0 Å². The summed E-state index contributed by atoms with van der Waals surface area (Å²) in [6, 6.07) is 7.26. The van der Waals surface area contributed by atoms with Gasteiger partial charge in [0.1, 0.15) is 0 Å². The Kier molecular flexibility index (Phi) is 3.59. The molecule has 3 rings (SSSR count). The number of pyridine rings is 1. The van der Waals surface area contributed by atoms with Crippen molar-refractivity contribution < 1.29 is 9.59 Å². The van der Waals surface area contributed by atoms with Crippen LogP contribution in [0.15, 0.2) is 41.1 Å². The lowest BCUT2D eigenvalue weighted by Crippen LogP contribution is -2.28. The van der Waals surface area contributed by atoms with E-state index in [4.69, 9.17) is 0 Å². The largest absolute Gasteiger partial charge is 0.308 e. The summed E-state index contributed by atoms with van der Waals surface area (Å²) >= 11 is 3.33. The molecule has 5 heteroatoms. The highest BCUT2D eigenvalue weighted by Gasteiger charge is 2.26. The van der Waals surface area contributed by atoms with E-state index in [1.807, 2.05) is 12.1 Å². The van der Waals surface area contributed by atoms with Gasteiger partial charge in [0.15, 0.2) is 5.78 Å². The first kappa shape index (κ1) is 13.9. The van der Waals surface area contributed by atoms with Gasteiger partial charge in [-0.3, -0.25) is 14.6 Å². The second-order valence-corrected chi connectivity index (χ2v) is 5.91. The first-order chi connectivity index (χ1) is 10.1. The van der Waals surface area contributed by atoms with Gasteiger partial charge in [-0.2, -0.15) is 0 Å². The molecule has 0 saturated carbocycles. The lowest BCUT2D eigenvalue weighted by Gasteiger charge is -2.17. The Morgan fingerprint density at radius 3 is 2.71 bits per heavy atom. The Labute approximate surface area is 130 Å². The molecule has 21 heavy (non-hydrogen) atoms. The first-order valence-corrected chi connectivity index (χ1v) is 7.42. The van der Waals surface area contributed by atoms with E-state index < -0.39 is 0 Å². The monoisotopic (exact) mass is 344 g/mol. The standard InChI is InChI=1S/C16H13BrN2O2/c1-10(20)11-2-3-15-12(6-11)4-5-19(15)16(21)13-7-14(17)9-18-8-13/h2-3,6-9H,4-5H2,1H3. The fourth-order valence-electron chi connectivity index (χ4n) is 2.52. The summed E-state index contributed by atoms with van der Waals surface area (Å²) < 4.78 is 0.777. The zero-order valence-electron chi connectivity index (χ0n) is 11.5. The quantitative estimate of drug-likeness (QED) is 0.785. The zero-order chi connectivity index (χ0) is 15.0. The average molecular weight is 345 g/mol. The molecule has 0 aliphatic carbocycles. The molecule has 0 atom stereocenters. The summed E-state index contributed by atoms with van der Waals surface area (Å²) in [6.07, 6.45) is 3.98. The summed E-state index contributed by atoms with van der Waals surface area (Å²) in [7, 11) is 0. The molecule has 2 heterocycles. The lowest BCUT2D eigenvalue weighted by atomic mass is 10.1. The molecule has 0 unspecified atom stereocenters.